The molecule has 0 aromatic carbocycles. The van der Waals surface area contributed by atoms with E-state index >= 15 is 0 Å². The predicted octanol–water partition coefficient (Wildman–Crippen LogP) is 2.72. The molecule has 0 aliphatic rings. The van der Waals surface area contributed by atoms with Gasteiger partial charge in [-0.2, -0.15) is 4.98 Å². The molecule has 0 spiro atoms. The van der Waals surface area contributed by atoms with Crippen LogP contribution < -0.4 is 5.56 Å². The molecule has 2 rings (SSSR count). The first kappa shape index (κ1) is 15.2. The topological polar surface area (TPSA) is 57.0 Å². The molecule has 108 valence electrons. The molecular formula is C13H17N3O2S2. The molecule has 1 atom stereocenters. The number of ether oxygens (including phenoxy) is 1. The quantitative estimate of drug-likeness (QED) is 0.606. The Labute approximate surface area is 126 Å². The van der Waals surface area contributed by atoms with Gasteiger partial charge in [-0.05, 0) is 13.8 Å². The summed E-state index contributed by atoms with van der Waals surface area (Å²) in [7, 11) is 1.67. The van der Waals surface area contributed by atoms with Crippen molar-refractivity contribution >= 4 is 23.1 Å². The summed E-state index contributed by atoms with van der Waals surface area (Å²) in [5.74, 6) is 0.698. The van der Waals surface area contributed by atoms with Crippen LogP contribution in [0.1, 0.15) is 30.7 Å². The lowest BCUT2D eigenvalue weighted by Crippen LogP contribution is -2.12. The molecule has 0 N–H and O–H groups in total. The molecule has 0 amide bonds. The van der Waals surface area contributed by atoms with E-state index in [1.165, 1.54) is 17.8 Å². The molecule has 2 aromatic heterocycles. The zero-order valence-corrected chi connectivity index (χ0v) is 13.3. The van der Waals surface area contributed by atoms with E-state index in [-0.39, 0.29) is 11.7 Å². The second kappa shape index (κ2) is 7.01. The highest BCUT2D eigenvalue weighted by Crippen LogP contribution is 2.25. The first-order valence-corrected chi connectivity index (χ1v) is 8.18. The predicted molar refractivity (Wildman–Crippen MR) is 81.3 cm³/mol. The van der Waals surface area contributed by atoms with E-state index in [4.69, 9.17) is 4.74 Å². The van der Waals surface area contributed by atoms with Crippen LogP contribution in [0.25, 0.3) is 0 Å². The molecule has 0 saturated carbocycles. The highest BCUT2D eigenvalue weighted by atomic mass is 32.2. The van der Waals surface area contributed by atoms with Crippen molar-refractivity contribution in [2.45, 2.75) is 37.4 Å². The Balaban J connectivity index is 2.07. The molecule has 7 heteroatoms. The van der Waals surface area contributed by atoms with E-state index in [1.807, 2.05) is 23.8 Å². The summed E-state index contributed by atoms with van der Waals surface area (Å²) in [4.78, 5) is 19.9. The van der Waals surface area contributed by atoms with Crippen LogP contribution in [-0.4, -0.2) is 21.6 Å². The third-order valence-corrected chi connectivity index (χ3v) is 4.89. The van der Waals surface area contributed by atoms with Crippen molar-refractivity contribution in [2.24, 2.45) is 0 Å². The van der Waals surface area contributed by atoms with Gasteiger partial charge < -0.3 is 9.30 Å². The monoisotopic (exact) mass is 311 g/mol. The maximum atomic E-state index is 11.3. The smallest absolute Gasteiger partial charge is 0.273 e. The van der Waals surface area contributed by atoms with Crippen LogP contribution in [0, 0.1) is 0 Å². The average Bonchev–Trinajstić information content (AvgIpc) is 2.93. The fourth-order valence-corrected chi connectivity index (χ4v) is 3.48. The van der Waals surface area contributed by atoms with E-state index < -0.39 is 0 Å². The van der Waals surface area contributed by atoms with Gasteiger partial charge in [0.2, 0.25) is 0 Å². The molecule has 0 saturated heterocycles. The SMILES string of the molecule is CCn1ccc(=O)nc1SCc1csc([C@H](C)OC)n1. The van der Waals surface area contributed by atoms with E-state index in [0.717, 1.165) is 22.4 Å². The molecule has 20 heavy (non-hydrogen) atoms. The summed E-state index contributed by atoms with van der Waals surface area (Å²) in [6.07, 6.45) is 1.79. The number of rotatable bonds is 6. The summed E-state index contributed by atoms with van der Waals surface area (Å²) in [6.45, 7) is 4.79. The van der Waals surface area contributed by atoms with Crippen molar-refractivity contribution < 1.29 is 4.74 Å². The summed E-state index contributed by atoms with van der Waals surface area (Å²) in [6, 6.07) is 1.48. The highest BCUT2D eigenvalue weighted by molar-refractivity contribution is 7.98. The van der Waals surface area contributed by atoms with Gasteiger partial charge in [0.1, 0.15) is 11.1 Å². The van der Waals surface area contributed by atoms with Gasteiger partial charge in [-0.25, -0.2) is 4.98 Å². The second-order valence-corrected chi connectivity index (χ2v) is 6.01. The van der Waals surface area contributed by atoms with E-state index in [0.29, 0.717) is 5.75 Å². The first-order valence-electron chi connectivity index (χ1n) is 6.31. The fraction of sp³-hybridized carbons (Fsp3) is 0.462. The Hall–Kier alpha value is -1.18. The standard InChI is InChI=1S/C13H17N3O2S2/c1-4-16-6-5-11(17)15-13(16)20-8-10-7-19-12(14-10)9(2)18-3/h5-7,9H,4,8H2,1-3H3/t9-/m0/s1. The highest BCUT2D eigenvalue weighted by Gasteiger charge is 2.10. The number of thiazole rings is 1. The lowest BCUT2D eigenvalue weighted by molar-refractivity contribution is 0.119. The van der Waals surface area contributed by atoms with E-state index in [9.17, 15) is 4.79 Å². The number of thioether (sulfide) groups is 1. The van der Waals surface area contributed by atoms with Crippen molar-refractivity contribution in [1.82, 2.24) is 14.5 Å². The first-order chi connectivity index (χ1) is 9.63. The molecule has 2 aromatic rings. The number of hydrogen-bond acceptors (Lipinski definition) is 6. The van der Waals surface area contributed by atoms with Crippen LogP contribution in [0.2, 0.25) is 0 Å². The maximum Gasteiger partial charge on any atom is 0.273 e. The minimum Gasteiger partial charge on any atom is -0.375 e. The molecule has 0 bridgehead atoms. The van der Waals surface area contributed by atoms with Crippen molar-refractivity contribution in [3.63, 3.8) is 0 Å². The van der Waals surface area contributed by atoms with E-state index in [1.54, 1.807) is 24.6 Å². The molecule has 2 heterocycles. The Morgan fingerprint density at radius 2 is 2.30 bits per heavy atom. The maximum absolute atomic E-state index is 11.3. The normalized spacial score (nSPS) is 12.6. The molecule has 0 fully saturated rings. The Morgan fingerprint density at radius 1 is 1.50 bits per heavy atom. The number of methoxy groups -OCH3 is 1. The second-order valence-electron chi connectivity index (χ2n) is 4.18. The lowest BCUT2D eigenvalue weighted by atomic mass is 10.4. The minimum atomic E-state index is -0.204. The number of hydrogen-bond donors (Lipinski definition) is 0. The molecule has 0 unspecified atom stereocenters. The third kappa shape index (κ3) is 3.68. The number of aromatic nitrogens is 3. The lowest BCUT2D eigenvalue weighted by Gasteiger charge is -2.08. The largest absolute Gasteiger partial charge is 0.375 e. The van der Waals surface area contributed by atoms with Gasteiger partial charge in [-0.1, -0.05) is 11.8 Å². The molecule has 0 aliphatic carbocycles. The third-order valence-electron chi connectivity index (χ3n) is 2.81. The van der Waals surface area contributed by atoms with Crippen LogP contribution in [0.3, 0.4) is 0 Å². The Kier molecular flexibility index (Phi) is 5.33. The molecule has 0 radical (unpaired) electrons. The van der Waals surface area contributed by atoms with Crippen LogP contribution in [0.4, 0.5) is 0 Å². The van der Waals surface area contributed by atoms with Gasteiger partial charge >= 0.3 is 0 Å². The average molecular weight is 311 g/mol. The summed E-state index contributed by atoms with van der Waals surface area (Å²) in [5, 5.41) is 3.72. The van der Waals surface area contributed by atoms with Gasteiger partial charge in [0.25, 0.3) is 5.56 Å². The molecule has 5 nitrogen and oxygen atoms in total. The van der Waals surface area contributed by atoms with Crippen molar-refractivity contribution in [2.75, 3.05) is 7.11 Å². The van der Waals surface area contributed by atoms with E-state index in [2.05, 4.69) is 9.97 Å². The van der Waals surface area contributed by atoms with Crippen LogP contribution in [0.15, 0.2) is 27.6 Å². The number of nitrogens with zero attached hydrogens (tertiary/aromatic N) is 3. The fourth-order valence-electron chi connectivity index (χ4n) is 1.58. The number of aryl methyl sites for hydroxylation is 1. The van der Waals surface area contributed by atoms with Gasteiger partial charge in [0, 0.05) is 37.1 Å². The summed E-state index contributed by atoms with van der Waals surface area (Å²) >= 11 is 3.12. The van der Waals surface area contributed by atoms with Crippen LogP contribution in [-0.2, 0) is 17.0 Å². The zero-order valence-electron chi connectivity index (χ0n) is 11.7. The Morgan fingerprint density at radius 3 is 3.00 bits per heavy atom. The van der Waals surface area contributed by atoms with Crippen molar-refractivity contribution in [3.05, 3.63) is 38.7 Å². The molecular weight excluding hydrogens is 294 g/mol. The van der Waals surface area contributed by atoms with Crippen molar-refractivity contribution in [1.29, 1.82) is 0 Å². The van der Waals surface area contributed by atoms with Gasteiger partial charge in [0.15, 0.2) is 5.16 Å². The summed E-state index contributed by atoms with van der Waals surface area (Å²) < 4.78 is 7.20. The summed E-state index contributed by atoms with van der Waals surface area (Å²) in [5.41, 5.74) is 0.781. The van der Waals surface area contributed by atoms with Gasteiger partial charge in [-0.3, -0.25) is 4.79 Å². The van der Waals surface area contributed by atoms with Crippen molar-refractivity contribution in [3.8, 4) is 0 Å². The van der Waals surface area contributed by atoms with Gasteiger partial charge in [0.05, 0.1) is 5.69 Å². The van der Waals surface area contributed by atoms with Crippen LogP contribution >= 0.6 is 23.1 Å². The van der Waals surface area contributed by atoms with Gasteiger partial charge in [-0.15, -0.1) is 11.3 Å². The minimum absolute atomic E-state index is 0.0161. The zero-order chi connectivity index (χ0) is 14.5. The van der Waals surface area contributed by atoms with Crippen LogP contribution in [0.5, 0.6) is 0 Å². The Bertz CT molecular complexity index is 624. The molecule has 0 aliphatic heterocycles.